The molecule has 3 N–H and O–H groups in total. The number of rotatable bonds is 48. The smallest absolute Gasteiger partial charge is 0.306 e. The Hall–Kier alpha value is -1.92. The molecule has 1 amide bonds. The first-order chi connectivity index (χ1) is 30.0. The zero-order valence-corrected chi connectivity index (χ0v) is 40.8. The maximum Gasteiger partial charge on any atom is 0.306 e. The third kappa shape index (κ3) is 44.5. The van der Waals surface area contributed by atoms with Crippen LogP contribution in [-0.4, -0.2) is 46.9 Å². The molecule has 6 heteroatoms. The molecule has 6 nitrogen and oxygen atoms in total. The van der Waals surface area contributed by atoms with Gasteiger partial charge in [0.2, 0.25) is 5.91 Å². The van der Waals surface area contributed by atoms with E-state index in [4.69, 9.17) is 4.74 Å². The second kappa shape index (κ2) is 49.1. The molecule has 0 spiro atoms. The standard InChI is InChI=1S/C55H103NO5/c1-4-7-10-13-16-19-22-24-26-27-28-29-31-33-36-39-42-45-48-55(60)61-51(46-43-40-37-34-21-18-15-12-9-6-3)49-54(59)56-52(50-57)53(58)47-44-41-38-35-32-30-25-23-20-17-14-11-8-5-2/h18,21,26-29,51-53,57-58H,4-17,19-20,22-25,30-50H2,1-3H3,(H,56,59)/b21-18-,27-26+,29-28+. The van der Waals surface area contributed by atoms with Gasteiger partial charge in [-0.2, -0.15) is 0 Å². The van der Waals surface area contributed by atoms with E-state index in [0.29, 0.717) is 19.3 Å². The number of unbranched alkanes of at least 4 members (excludes halogenated alkanes) is 31. The zero-order chi connectivity index (χ0) is 44.5. The topological polar surface area (TPSA) is 95.9 Å². The molecule has 0 aromatic carbocycles. The van der Waals surface area contributed by atoms with Gasteiger partial charge in [-0.05, 0) is 77.0 Å². The summed E-state index contributed by atoms with van der Waals surface area (Å²) in [5.74, 6) is -0.500. The maximum absolute atomic E-state index is 13.2. The Morgan fingerprint density at radius 1 is 0.475 bits per heavy atom. The summed E-state index contributed by atoms with van der Waals surface area (Å²) >= 11 is 0. The van der Waals surface area contributed by atoms with Crippen LogP contribution in [0.5, 0.6) is 0 Å². The summed E-state index contributed by atoms with van der Waals surface area (Å²) in [4.78, 5) is 26.1. The Morgan fingerprint density at radius 3 is 1.31 bits per heavy atom. The zero-order valence-electron chi connectivity index (χ0n) is 40.8. The van der Waals surface area contributed by atoms with Crippen molar-refractivity contribution in [1.82, 2.24) is 5.32 Å². The van der Waals surface area contributed by atoms with Gasteiger partial charge >= 0.3 is 5.97 Å². The second-order valence-electron chi connectivity index (χ2n) is 18.3. The molecule has 0 aromatic heterocycles. The van der Waals surface area contributed by atoms with E-state index in [1.807, 2.05) is 0 Å². The van der Waals surface area contributed by atoms with E-state index in [0.717, 1.165) is 83.5 Å². The lowest BCUT2D eigenvalue weighted by Crippen LogP contribution is -2.46. The third-order valence-electron chi connectivity index (χ3n) is 12.2. The Balaban J connectivity index is 4.49. The second-order valence-corrected chi connectivity index (χ2v) is 18.3. The molecular weight excluding hydrogens is 755 g/mol. The van der Waals surface area contributed by atoms with Gasteiger partial charge in [0, 0.05) is 6.42 Å². The van der Waals surface area contributed by atoms with Crippen LogP contribution in [0.4, 0.5) is 0 Å². The number of carbonyl (C=O) groups is 2. The predicted molar refractivity (Wildman–Crippen MR) is 264 cm³/mol. The minimum Gasteiger partial charge on any atom is -0.462 e. The average Bonchev–Trinajstić information content (AvgIpc) is 3.25. The van der Waals surface area contributed by atoms with Gasteiger partial charge < -0.3 is 20.3 Å². The molecule has 61 heavy (non-hydrogen) atoms. The fraction of sp³-hybridized carbons (Fsp3) is 0.855. The van der Waals surface area contributed by atoms with Crippen molar-refractivity contribution < 1.29 is 24.5 Å². The Kier molecular flexibility index (Phi) is 47.6. The first-order valence-electron chi connectivity index (χ1n) is 26.7. The van der Waals surface area contributed by atoms with Crippen molar-refractivity contribution in [2.75, 3.05) is 6.61 Å². The molecule has 0 saturated carbocycles. The molecule has 0 fully saturated rings. The third-order valence-corrected chi connectivity index (χ3v) is 12.2. The van der Waals surface area contributed by atoms with E-state index in [2.05, 4.69) is 62.5 Å². The predicted octanol–water partition coefficient (Wildman–Crippen LogP) is 16.1. The number of aliphatic hydroxyl groups is 2. The lowest BCUT2D eigenvalue weighted by atomic mass is 10.0. The number of aliphatic hydroxyl groups excluding tert-OH is 2. The van der Waals surface area contributed by atoms with Gasteiger partial charge in [0.15, 0.2) is 0 Å². The number of hydrogen-bond donors (Lipinski definition) is 3. The molecule has 0 aliphatic rings. The fourth-order valence-corrected chi connectivity index (χ4v) is 8.12. The Bertz CT molecular complexity index is 1010. The van der Waals surface area contributed by atoms with Crippen LogP contribution in [0, 0.1) is 0 Å². The van der Waals surface area contributed by atoms with Crippen LogP contribution in [0.25, 0.3) is 0 Å². The Morgan fingerprint density at radius 2 is 0.836 bits per heavy atom. The van der Waals surface area contributed by atoms with Gasteiger partial charge in [-0.15, -0.1) is 0 Å². The molecule has 0 rings (SSSR count). The lowest BCUT2D eigenvalue weighted by Gasteiger charge is -2.24. The highest BCUT2D eigenvalue weighted by molar-refractivity contribution is 5.77. The first-order valence-corrected chi connectivity index (χ1v) is 26.7. The van der Waals surface area contributed by atoms with E-state index in [1.54, 1.807) is 0 Å². The molecule has 358 valence electrons. The molecule has 3 atom stereocenters. The van der Waals surface area contributed by atoms with E-state index in [1.165, 1.54) is 148 Å². The van der Waals surface area contributed by atoms with Crippen LogP contribution in [0.1, 0.15) is 278 Å². The van der Waals surface area contributed by atoms with Gasteiger partial charge in [0.05, 0.1) is 25.2 Å². The van der Waals surface area contributed by atoms with Crippen molar-refractivity contribution in [1.29, 1.82) is 0 Å². The van der Waals surface area contributed by atoms with Gasteiger partial charge in [0.1, 0.15) is 6.10 Å². The van der Waals surface area contributed by atoms with E-state index in [9.17, 15) is 19.8 Å². The fourth-order valence-electron chi connectivity index (χ4n) is 8.12. The average molecular weight is 858 g/mol. The normalized spacial score (nSPS) is 13.5. The number of ether oxygens (including phenoxy) is 1. The van der Waals surface area contributed by atoms with Crippen molar-refractivity contribution in [3.8, 4) is 0 Å². The number of carbonyl (C=O) groups excluding carboxylic acids is 2. The summed E-state index contributed by atoms with van der Waals surface area (Å²) in [5, 5.41) is 23.8. The van der Waals surface area contributed by atoms with Gasteiger partial charge in [-0.1, -0.05) is 224 Å². The van der Waals surface area contributed by atoms with Crippen LogP contribution >= 0.6 is 0 Å². The highest BCUT2D eigenvalue weighted by atomic mass is 16.5. The quantitative estimate of drug-likeness (QED) is 0.0245. The van der Waals surface area contributed by atoms with Crippen molar-refractivity contribution in [3.05, 3.63) is 36.5 Å². The molecular formula is C55H103NO5. The number of nitrogens with one attached hydrogen (secondary N) is 1. The molecule has 3 unspecified atom stereocenters. The summed E-state index contributed by atoms with van der Waals surface area (Å²) < 4.78 is 5.92. The summed E-state index contributed by atoms with van der Waals surface area (Å²) in [7, 11) is 0. The van der Waals surface area contributed by atoms with Crippen molar-refractivity contribution >= 4 is 11.9 Å². The van der Waals surface area contributed by atoms with Crippen LogP contribution < -0.4 is 5.32 Å². The minimum absolute atomic E-state index is 0.0625. The summed E-state index contributed by atoms with van der Waals surface area (Å²) in [6, 6.07) is -0.707. The van der Waals surface area contributed by atoms with Crippen LogP contribution in [-0.2, 0) is 14.3 Å². The highest BCUT2D eigenvalue weighted by Gasteiger charge is 2.24. The molecule has 0 radical (unpaired) electrons. The largest absolute Gasteiger partial charge is 0.462 e. The van der Waals surface area contributed by atoms with Crippen molar-refractivity contribution in [3.63, 3.8) is 0 Å². The molecule has 0 aliphatic carbocycles. The number of allylic oxidation sites excluding steroid dienone is 6. The van der Waals surface area contributed by atoms with E-state index >= 15 is 0 Å². The Labute approximate surface area is 379 Å². The highest BCUT2D eigenvalue weighted by Crippen LogP contribution is 2.18. The summed E-state index contributed by atoms with van der Waals surface area (Å²) in [6.07, 6.45) is 57.8. The monoisotopic (exact) mass is 858 g/mol. The number of esters is 1. The summed E-state index contributed by atoms with van der Waals surface area (Å²) in [6.45, 7) is 6.46. The number of amides is 1. The molecule has 0 heterocycles. The number of hydrogen-bond acceptors (Lipinski definition) is 5. The summed E-state index contributed by atoms with van der Waals surface area (Å²) in [5.41, 5.74) is 0. The lowest BCUT2D eigenvalue weighted by molar-refractivity contribution is -0.151. The van der Waals surface area contributed by atoms with Gasteiger partial charge in [0.25, 0.3) is 0 Å². The van der Waals surface area contributed by atoms with E-state index in [-0.39, 0.29) is 24.9 Å². The SMILES string of the molecule is CCCCC/C=C\CCCCCC(CC(=O)NC(CO)C(O)CCCCCCCCCCCCCCCC)OC(=O)CCCCCCC/C=C/C=C/CCCCCCCCC. The van der Waals surface area contributed by atoms with Crippen LogP contribution in [0.15, 0.2) is 36.5 Å². The minimum atomic E-state index is -0.792. The van der Waals surface area contributed by atoms with Crippen LogP contribution in [0.2, 0.25) is 0 Å². The van der Waals surface area contributed by atoms with Crippen molar-refractivity contribution in [2.24, 2.45) is 0 Å². The molecule has 0 saturated heterocycles. The van der Waals surface area contributed by atoms with Crippen LogP contribution in [0.3, 0.4) is 0 Å². The van der Waals surface area contributed by atoms with Crippen molar-refractivity contribution in [2.45, 2.75) is 296 Å². The molecule has 0 aliphatic heterocycles. The molecule has 0 bridgehead atoms. The van der Waals surface area contributed by atoms with E-state index < -0.39 is 18.2 Å². The molecule has 0 aromatic rings. The maximum atomic E-state index is 13.2. The first kappa shape index (κ1) is 59.1. The van der Waals surface area contributed by atoms with Gasteiger partial charge in [-0.3, -0.25) is 9.59 Å². The van der Waals surface area contributed by atoms with Gasteiger partial charge in [-0.25, -0.2) is 0 Å².